The van der Waals surface area contributed by atoms with Gasteiger partial charge in [-0.05, 0) is 38.9 Å². The molecule has 3 nitrogen and oxygen atoms in total. The maximum Gasteiger partial charge on any atom is 0.305 e. The predicted octanol–water partition coefficient (Wildman–Crippen LogP) is 6.47. The molecule has 0 aliphatic rings. The van der Waals surface area contributed by atoms with E-state index >= 15 is 0 Å². The van der Waals surface area contributed by atoms with Gasteiger partial charge in [-0.15, -0.1) is 0 Å². The molecule has 24 heavy (non-hydrogen) atoms. The normalized spacial score (nSPS) is 13.0. The second-order valence-electron chi connectivity index (χ2n) is 7.94. The fourth-order valence-corrected chi connectivity index (χ4v) is 4.23. The Bertz CT molecular complexity index is 300. The largest absolute Gasteiger partial charge is 0.469 e. The quantitative estimate of drug-likeness (QED) is 0.180. The molecule has 0 aromatic heterocycles. The molecule has 0 saturated heterocycles. The lowest BCUT2D eigenvalue weighted by Crippen LogP contribution is -2.32. The van der Waals surface area contributed by atoms with Gasteiger partial charge in [0.15, 0.2) is 8.32 Å². The molecule has 0 rings (SSSR count). The number of esters is 1. The van der Waals surface area contributed by atoms with Crippen molar-refractivity contribution < 1.29 is 14.0 Å². The van der Waals surface area contributed by atoms with Crippen molar-refractivity contribution in [3.63, 3.8) is 0 Å². The van der Waals surface area contributed by atoms with E-state index < -0.39 is 8.32 Å². The smallest absolute Gasteiger partial charge is 0.305 e. The lowest BCUT2D eigenvalue weighted by molar-refractivity contribution is -0.140. The average Bonchev–Trinajstić information content (AvgIpc) is 2.52. The Morgan fingerprint density at radius 2 is 1.33 bits per heavy atom. The van der Waals surface area contributed by atoms with Crippen LogP contribution < -0.4 is 0 Å². The van der Waals surface area contributed by atoms with E-state index in [0.29, 0.717) is 12.5 Å². The minimum absolute atomic E-state index is 0.0758. The summed E-state index contributed by atoms with van der Waals surface area (Å²) in [6.45, 7) is 9.15. The molecule has 144 valence electrons. The molecule has 0 heterocycles. The third kappa shape index (κ3) is 16.5. The van der Waals surface area contributed by atoms with E-state index in [1.807, 2.05) is 0 Å². The standard InChI is InChI=1S/C20H42O3Si/c1-6-7-16-19(23-24(3,4)5)17-14-12-10-8-9-11-13-15-18-20(21)22-2/h19H,6-18H2,1-5H3. The Hall–Kier alpha value is -0.353. The van der Waals surface area contributed by atoms with Crippen molar-refractivity contribution in [2.45, 2.75) is 116 Å². The van der Waals surface area contributed by atoms with Gasteiger partial charge < -0.3 is 9.16 Å². The van der Waals surface area contributed by atoms with E-state index in [9.17, 15) is 4.79 Å². The number of rotatable bonds is 16. The summed E-state index contributed by atoms with van der Waals surface area (Å²) in [4.78, 5) is 11.0. The van der Waals surface area contributed by atoms with Crippen molar-refractivity contribution >= 4 is 14.3 Å². The Morgan fingerprint density at radius 1 is 0.833 bits per heavy atom. The Morgan fingerprint density at radius 3 is 1.83 bits per heavy atom. The van der Waals surface area contributed by atoms with Gasteiger partial charge in [-0.25, -0.2) is 0 Å². The maximum absolute atomic E-state index is 11.0. The first-order valence-corrected chi connectivity index (χ1v) is 13.5. The van der Waals surface area contributed by atoms with Crippen molar-refractivity contribution in [2.24, 2.45) is 0 Å². The van der Waals surface area contributed by atoms with E-state index in [2.05, 4.69) is 31.3 Å². The minimum atomic E-state index is -1.41. The van der Waals surface area contributed by atoms with Crippen LogP contribution in [0.2, 0.25) is 19.6 Å². The van der Waals surface area contributed by atoms with Crippen LogP contribution in [0.5, 0.6) is 0 Å². The zero-order chi connectivity index (χ0) is 18.3. The van der Waals surface area contributed by atoms with Crippen LogP contribution in [0.15, 0.2) is 0 Å². The monoisotopic (exact) mass is 358 g/mol. The molecule has 1 unspecified atom stereocenters. The van der Waals surface area contributed by atoms with Gasteiger partial charge in [0.1, 0.15) is 0 Å². The van der Waals surface area contributed by atoms with Crippen LogP contribution in [0.25, 0.3) is 0 Å². The van der Waals surface area contributed by atoms with Gasteiger partial charge in [0, 0.05) is 12.5 Å². The van der Waals surface area contributed by atoms with Gasteiger partial charge in [0.25, 0.3) is 0 Å². The van der Waals surface area contributed by atoms with Crippen LogP contribution in [0.4, 0.5) is 0 Å². The fourth-order valence-electron chi connectivity index (χ4n) is 3.00. The third-order valence-electron chi connectivity index (χ3n) is 4.28. The zero-order valence-corrected chi connectivity index (χ0v) is 18.0. The predicted molar refractivity (Wildman–Crippen MR) is 106 cm³/mol. The molecule has 0 aromatic carbocycles. The molecule has 0 aromatic rings. The van der Waals surface area contributed by atoms with Crippen molar-refractivity contribution in [3.8, 4) is 0 Å². The van der Waals surface area contributed by atoms with E-state index in [4.69, 9.17) is 4.43 Å². The molecule has 0 fully saturated rings. The van der Waals surface area contributed by atoms with E-state index in [0.717, 1.165) is 12.8 Å². The van der Waals surface area contributed by atoms with Crippen LogP contribution >= 0.6 is 0 Å². The molecule has 0 aliphatic heterocycles. The van der Waals surface area contributed by atoms with E-state index in [1.165, 1.54) is 71.3 Å². The van der Waals surface area contributed by atoms with Crippen LogP contribution in [-0.4, -0.2) is 27.5 Å². The Balaban J connectivity index is 3.55. The maximum atomic E-state index is 11.0. The molecule has 0 N–H and O–H groups in total. The van der Waals surface area contributed by atoms with Gasteiger partial charge in [-0.2, -0.15) is 0 Å². The molecule has 0 amide bonds. The summed E-state index contributed by atoms with van der Waals surface area (Å²) >= 11 is 0. The van der Waals surface area contributed by atoms with Gasteiger partial charge in [-0.3, -0.25) is 4.79 Å². The third-order valence-corrected chi connectivity index (χ3v) is 5.32. The van der Waals surface area contributed by atoms with Crippen molar-refractivity contribution in [2.75, 3.05) is 7.11 Å². The Labute approximate surface area is 152 Å². The van der Waals surface area contributed by atoms with Crippen LogP contribution in [0, 0.1) is 0 Å². The van der Waals surface area contributed by atoms with Gasteiger partial charge in [-0.1, -0.05) is 64.7 Å². The van der Waals surface area contributed by atoms with Crippen LogP contribution in [0.1, 0.15) is 90.4 Å². The Kier molecular flexibility index (Phi) is 14.7. The number of hydrogen-bond acceptors (Lipinski definition) is 3. The number of carbonyl (C=O) groups is 1. The van der Waals surface area contributed by atoms with Crippen LogP contribution in [-0.2, 0) is 14.0 Å². The summed E-state index contributed by atoms with van der Waals surface area (Å²) in [6, 6.07) is 0. The highest BCUT2D eigenvalue weighted by molar-refractivity contribution is 6.69. The lowest BCUT2D eigenvalue weighted by Gasteiger charge is -2.26. The summed E-state index contributed by atoms with van der Waals surface area (Å²) in [5, 5.41) is 0. The van der Waals surface area contributed by atoms with Gasteiger partial charge >= 0.3 is 5.97 Å². The first-order valence-electron chi connectivity index (χ1n) is 10.1. The summed E-state index contributed by atoms with van der Waals surface area (Å²) in [5.41, 5.74) is 0. The van der Waals surface area contributed by atoms with Crippen molar-refractivity contribution in [1.29, 1.82) is 0 Å². The average molecular weight is 359 g/mol. The first kappa shape index (κ1) is 23.6. The summed E-state index contributed by atoms with van der Waals surface area (Å²) in [5.74, 6) is -0.0758. The molecule has 0 radical (unpaired) electrons. The summed E-state index contributed by atoms with van der Waals surface area (Å²) in [6.07, 6.45) is 16.1. The molecule has 0 saturated carbocycles. The lowest BCUT2D eigenvalue weighted by atomic mass is 10.0. The number of hydrogen-bond donors (Lipinski definition) is 0. The number of methoxy groups -OCH3 is 1. The second-order valence-corrected chi connectivity index (χ2v) is 12.4. The number of unbranched alkanes of at least 4 members (excludes halogenated alkanes) is 8. The van der Waals surface area contributed by atoms with Crippen molar-refractivity contribution in [1.82, 2.24) is 0 Å². The molecule has 4 heteroatoms. The van der Waals surface area contributed by atoms with Crippen molar-refractivity contribution in [3.05, 3.63) is 0 Å². The number of carbonyl (C=O) groups excluding carboxylic acids is 1. The molecule has 0 aliphatic carbocycles. The highest BCUT2D eigenvalue weighted by Crippen LogP contribution is 2.19. The number of ether oxygens (including phenoxy) is 1. The molecule has 0 spiro atoms. The topological polar surface area (TPSA) is 35.5 Å². The first-order chi connectivity index (χ1) is 11.4. The molecule has 0 bridgehead atoms. The fraction of sp³-hybridized carbons (Fsp3) is 0.950. The highest BCUT2D eigenvalue weighted by Gasteiger charge is 2.20. The molecule has 1 atom stereocenters. The summed E-state index contributed by atoms with van der Waals surface area (Å²) in [7, 11) is 0.0539. The van der Waals surface area contributed by atoms with Crippen LogP contribution in [0.3, 0.4) is 0 Å². The van der Waals surface area contributed by atoms with E-state index in [1.54, 1.807) is 0 Å². The minimum Gasteiger partial charge on any atom is -0.469 e. The SMILES string of the molecule is CCCCC(CCCCCCCCCCC(=O)OC)O[Si](C)(C)C. The summed E-state index contributed by atoms with van der Waals surface area (Å²) < 4.78 is 11.0. The molecular weight excluding hydrogens is 316 g/mol. The van der Waals surface area contributed by atoms with Gasteiger partial charge in [0.05, 0.1) is 7.11 Å². The van der Waals surface area contributed by atoms with E-state index in [-0.39, 0.29) is 5.97 Å². The second kappa shape index (κ2) is 14.9. The molecular formula is C20H42O3Si. The van der Waals surface area contributed by atoms with Gasteiger partial charge in [0.2, 0.25) is 0 Å². The highest BCUT2D eigenvalue weighted by atomic mass is 28.4. The zero-order valence-electron chi connectivity index (χ0n) is 17.0.